The van der Waals surface area contributed by atoms with Crippen LogP contribution in [0.1, 0.15) is 15.4 Å². The molecule has 0 spiro atoms. The normalized spacial score (nSPS) is 10.9. The number of aromatic nitrogens is 5. The lowest BCUT2D eigenvalue weighted by atomic mass is 10.0. The standard InChI is InChI=1S/C16H12N6OS/c1-9-13(24-22-19-9)15(23)18-16-17-14(20-21-16)12-8-4-6-10-5-2-3-7-11(10)12/h2-8H,1H3,(H2,17,18,20,21,23). The molecule has 0 aliphatic heterocycles. The molecule has 0 atom stereocenters. The molecule has 0 aliphatic rings. The number of hydrogen-bond donors (Lipinski definition) is 2. The Morgan fingerprint density at radius 1 is 1.17 bits per heavy atom. The fraction of sp³-hybridized carbons (Fsp3) is 0.0625. The topological polar surface area (TPSA) is 96.5 Å². The molecule has 1 amide bonds. The Kier molecular flexibility index (Phi) is 3.51. The number of aryl methyl sites for hydroxylation is 1. The summed E-state index contributed by atoms with van der Waals surface area (Å²) in [7, 11) is 0. The zero-order valence-corrected chi connectivity index (χ0v) is 13.5. The number of carbonyl (C=O) groups excluding carboxylic acids is 1. The van der Waals surface area contributed by atoms with E-state index in [-0.39, 0.29) is 11.9 Å². The fourth-order valence-electron chi connectivity index (χ4n) is 2.47. The molecule has 0 aliphatic carbocycles. The molecule has 0 fully saturated rings. The zero-order valence-electron chi connectivity index (χ0n) is 12.6. The largest absolute Gasteiger partial charge is 0.288 e. The highest BCUT2D eigenvalue weighted by atomic mass is 32.1. The average Bonchev–Trinajstić information content (AvgIpc) is 3.23. The maximum absolute atomic E-state index is 12.2. The molecule has 4 aromatic rings. The van der Waals surface area contributed by atoms with Crippen molar-refractivity contribution in [2.45, 2.75) is 6.92 Å². The molecule has 4 rings (SSSR count). The van der Waals surface area contributed by atoms with Crippen molar-refractivity contribution >= 4 is 34.2 Å². The fourth-order valence-corrected chi connectivity index (χ4v) is 3.02. The Morgan fingerprint density at radius 2 is 2.00 bits per heavy atom. The monoisotopic (exact) mass is 336 g/mol. The molecule has 8 heteroatoms. The van der Waals surface area contributed by atoms with Crippen LogP contribution >= 0.6 is 11.5 Å². The number of hydrogen-bond acceptors (Lipinski definition) is 6. The average molecular weight is 336 g/mol. The molecule has 24 heavy (non-hydrogen) atoms. The number of nitrogens with one attached hydrogen (secondary N) is 2. The lowest BCUT2D eigenvalue weighted by molar-refractivity contribution is 0.102. The van der Waals surface area contributed by atoms with Crippen LogP contribution in [0.25, 0.3) is 22.2 Å². The van der Waals surface area contributed by atoms with Crippen LogP contribution in [0.3, 0.4) is 0 Å². The van der Waals surface area contributed by atoms with Gasteiger partial charge in [-0.3, -0.25) is 15.2 Å². The number of amides is 1. The van der Waals surface area contributed by atoms with E-state index in [1.165, 1.54) is 0 Å². The molecule has 2 heterocycles. The van der Waals surface area contributed by atoms with Gasteiger partial charge in [0.2, 0.25) is 5.95 Å². The quantitative estimate of drug-likeness (QED) is 0.599. The van der Waals surface area contributed by atoms with Crippen LogP contribution in [0.2, 0.25) is 0 Å². The van der Waals surface area contributed by atoms with Gasteiger partial charge < -0.3 is 0 Å². The molecule has 0 bridgehead atoms. The molecule has 0 radical (unpaired) electrons. The summed E-state index contributed by atoms with van der Waals surface area (Å²) in [6.07, 6.45) is 0. The van der Waals surface area contributed by atoms with Gasteiger partial charge in [-0.1, -0.05) is 47.0 Å². The molecule has 2 aromatic carbocycles. The summed E-state index contributed by atoms with van der Waals surface area (Å²) < 4.78 is 3.75. The van der Waals surface area contributed by atoms with E-state index in [0.717, 1.165) is 27.9 Å². The van der Waals surface area contributed by atoms with Crippen LogP contribution in [0, 0.1) is 6.92 Å². The highest BCUT2D eigenvalue weighted by molar-refractivity contribution is 7.08. The smallest absolute Gasteiger partial charge is 0.271 e. The van der Waals surface area contributed by atoms with E-state index in [4.69, 9.17) is 0 Å². The molecule has 7 nitrogen and oxygen atoms in total. The Labute approximate surface area is 140 Å². The van der Waals surface area contributed by atoms with E-state index in [0.29, 0.717) is 16.4 Å². The summed E-state index contributed by atoms with van der Waals surface area (Å²) in [6, 6.07) is 14.0. The van der Waals surface area contributed by atoms with E-state index in [1.54, 1.807) is 6.92 Å². The predicted molar refractivity (Wildman–Crippen MR) is 91.9 cm³/mol. The SMILES string of the molecule is Cc1nnsc1C(=O)Nc1n[nH]c(-c2cccc3ccccc23)n1. The van der Waals surface area contributed by atoms with E-state index < -0.39 is 0 Å². The van der Waals surface area contributed by atoms with Crippen molar-refractivity contribution in [3.8, 4) is 11.4 Å². The van der Waals surface area contributed by atoms with Crippen molar-refractivity contribution < 1.29 is 4.79 Å². The summed E-state index contributed by atoms with van der Waals surface area (Å²) in [6.45, 7) is 1.73. The van der Waals surface area contributed by atoms with Gasteiger partial charge in [0.15, 0.2) is 5.82 Å². The summed E-state index contributed by atoms with van der Waals surface area (Å²) in [5.74, 6) is 0.503. The second-order valence-electron chi connectivity index (χ2n) is 5.18. The molecule has 0 saturated heterocycles. The zero-order chi connectivity index (χ0) is 16.5. The van der Waals surface area contributed by atoms with Crippen molar-refractivity contribution in [1.82, 2.24) is 24.8 Å². The van der Waals surface area contributed by atoms with Crippen molar-refractivity contribution in [2.75, 3.05) is 5.32 Å². The van der Waals surface area contributed by atoms with E-state index >= 15 is 0 Å². The summed E-state index contributed by atoms with van der Waals surface area (Å²) >= 11 is 1.04. The van der Waals surface area contributed by atoms with E-state index in [1.807, 2.05) is 42.5 Å². The summed E-state index contributed by atoms with van der Waals surface area (Å²) in [5, 5.41) is 15.6. The second-order valence-corrected chi connectivity index (χ2v) is 5.93. The van der Waals surface area contributed by atoms with E-state index in [2.05, 4.69) is 30.1 Å². The van der Waals surface area contributed by atoms with Gasteiger partial charge in [-0.25, -0.2) is 0 Å². The molecule has 2 aromatic heterocycles. The van der Waals surface area contributed by atoms with Gasteiger partial charge in [-0.2, -0.15) is 4.98 Å². The number of anilines is 1. The van der Waals surface area contributed by atoms with Gasteiger partial charge in [0.1, 0.15) is 4.88 Å². The third-order valence-corrected chi connectivity index (χ3v) is 4.44. The number of aromatic amines is 1. The maximum atomic E-state index is 12.2. The Hall–Kier alpha value is -3.13. The summed E-state index contributed by atoms with van der Waals surface area (Å²) in [5.41, 5.74) is 1.51. The minimum atomic E-state index is -0.314. The molecular weight excluding hydrogens is 324 g/mol. The van der Waals surface area contributed by atoms with Crippen molar-refractivity contribution in [1.29, 1.82) is 0 Å². The number of benzene rings is 2. The number of nitrogens with zero attached hydrogens (tertiary/aromatic N) is 4. The minimum absolute atomic E-state index is 0.218. The third-order valence-electron chi connectivity index (χ3n) is 3.61. The van der Waals surface area contributed by atoms with Crippen molar-refractivity contribution in [2.24, 2.45) is 0 Å². The Balaban J connectivity index is 1.65. The molecule has 118 valence electrons. The van der Waals surface area contributed by atoms with Gasteiger partial charge in [-0.05, 0) is 29.2 Å². The van der Waals surface area contributed by atoms with Gasteiger partial charge in [0.25, 0.3) is 5.91 Å². The second kappa shape index (κ2) is 5.82. The van der Waals surface area contributed by atoms with Crippen molar-refractivity contribution in [3.05, 3.63) is 53.0 Å². The first-order valence-corrected chi connectivity index (χ1v) is 8.00. The van der Waals surface area contributed by atoms with Gasteiger partial charge >= 0.3 is 0 Å². The van der Waals surface area contributed by atoms with Crippen LogP contribution in [-0.2, 0) is 0 Å². The van der Waals surface area contributed by atoms with Crippen LogP contribution in [0.5, 0.6) is 0 Å². The third kappa shape index (κ3) is 2.52. The summed E-state index contributed by atoms with van der Waals surface area (Å²) in [4.78, 5) is 17.0. The predicted octanol–water partition coefficient (Wildman–Crippen LogP) is 3.04. The van der Waals surface area contributed by atoms with E-state index in [9.17, 15) is 4.79 Å². The van der Waals surface area contributed by atoms with Crippen LogP contribution in [0.4, 0.5) is 5.95 Å². The Morgan fingerprint density at radius 3 is 2.83 bits per heavy atom. The maximum Gasteiger partial charge on any atom is 0.271 e. The molecular formula is C16H12N6OS. The molecule has 2 N–H and O–H groups in total. The lowest BCUT2D eigenvalue weighted by Gasteiger charge is -2.02. The van der Waals surface area contributed by atoms with Crippen LogP contribution in [-0.4, -0.2) is 30.7 Å². The van der Waals surface area contributed by atoms with Crippen molar-refractivity contribution in [3.63, 3.8) is 0 Å². The number of H-pyrrole nitrogens is 1. The first-order valence-electron chi connectivity index (χ1n) is 7.23. The number of rotatable bonds is 3. The van der Waals surface area contributed by atoms with Crippen LogP contribution in [0.15, 0.2) is 42.5 Å². The first-order chi connectivity index (χ1) is 11.7. The highest BCUT2D eigenvalue weighted by Crippen LogP contribution is 2.26. The number of carbonyl (C=O) groups is 1. The lowest BCUT2D eigenvalue weighted by Crippen LogP contribution is -2.12. The first kappa shape index (κ1) is 14.5. The number of fused-ring (bicyclic) bond motifs is 1. The molecule has 0 saturated carbocycles. The van der Waals surface area contributed by atoms with Gasteiger partial charge in [0.05, 0.1) is 5.69 Å². The molecule has 0 unspecified atom stereocenters. The van der Waals surface area contributed by atoms with Crippen LogP contribution < -0.4 is 5.32 Å². The highest BCUT2D eigenvalue weighted by Gasteiger charge is 2.16. The van der Waals surface area contributed by atoms with Gasteiger partial charge in [0, 0.05) is 5.56 Å². The van der Waals surface area contributed by atoms with Gasteiger partial charge in [-0.15, -0.1) is 10.2 Å². The Bertz CT molecular complexity index is 1030. The minimum Gasteiger partial charge on any atom is -0.288 e.